The number of aliphatic hydroxyl groups excluding tert-OH is 1. The van der Waals surface area contributed by atoms with Crippen LogP contribution in [-0.2, 0) is 0 Å². The fraction of sp³-hybridized carbons (Fsp3) is 0. The van der Waals surface area contributed by atoms with Gasteiger partial charge in [-0.15, -0.1) is 0 Å². The van der Waals surface area contributed by atoms with Gasteiger partial charge in [-0.1, -0.05) is 0 Å². The molecule has 0 fully saturated rings. The zero-order valence-electron chi connectivity index (χ0n) is 7.92. The SMILES string of the molecule is O/C(=C\c1c[c]([RaH])ncn1)c1nnn[nH]1. The van der Waals surface area contributed by atoms with Gasteiger partial charge < -0.3 is 0 Å². The van der Waals surface area contributed by atoms with Gasteiger partial charge in [0.05, 0.1) is 0 Å². The first-order chi connectivity index (χ1) is 7.25. The maximum atomic E-state index is 9.60. The van der Waals surface area contributed by atoms with E-state index in [2.05, 4.69) is 30.6 Å². The molecule has 0 aromatic carbocycles. The number of hydrogen-bond acceptors (Lipinski definition) is 6. The number of H-pyrrole nitrogens is 1. The summed E-state index contributed by atoms with van der Waals surface area (Å²) < 4.78 is 1.05. The van der Waals surface area contributed by atoms with Gasteiger partial charge >= 0.3 is 115 Å². The van der Waals surface area contributed by atoms with Gasteiger partial charge in [0.2, 0.25) is 0 Å². The van der Waals surface area contributed by atoms with Crippen LogP contribution in [0.5, 0.6) is 0 Å². The van der Waals surface area contributed by atoms with Crippen LogP contribution in [0, 0.1) is 42.8 Å². The normalized spacial score (nSPS) is 11.5. The van der Waals surface area contributed by atoms with Crippen molar-refractivity contribution in [1.82, 2.24) is 30.6 Å². The Morgan fingerprint density at radius 3 is 3.00 bits per heavy atom. The summed E-state index contributed by atoms with van der Waals surface area (Å²) in [5.41, 5.74) is 0.651. The van der Waals surface area contributed by atoms with Gasteiger partial charge in [0.25, 0.3) is 0 Å². The van der Waals surface area contributed by atoms with E-state index in [1.54, 1.807) is 0 Å². The van der Waals surface area contributed by atoms with Crippen LogP contribution in [0.25, 0.3) is 11.8 Å². The maximum absolute atomic E-state index is 9.60. The molecule has 0 aliphatic rings. The van der Waals surface area contributed by atoms with Crippen molar-refractivity contribution in [1.29, 1.82) is 0 Å². The number of aliphatic hydroxyl groups is 1. The molecule has 2 N–H and O–H groups in total. The summed E-state index contributed by atoms with van der Waals surface area (Å²) >= 11 is 0.185. The fourth-order valence-electron chi connectivity index (χ4n) is 1.03. The topological polar surface area (TPSA) is 100 Å². The van der Waals surface area contributed by atoms with E-state index in [9.17, 15) is 5.11 Å². The molecule has 0 bridgehead atoms. The molecule has 2 heterocycles. The van der Waals surface area contributed by atoms with Gasteiger partial charge in [-0.25, -0.2) is 0 Å². The predicted molar refractivity (Wildman–Crippen MR) is 47.7 cm³/mol. The molecule has 0 spiro atoms. The summed E-state index contributed by atoms with van der Waals surface area (Å²) in [6.45, 7) is 0. The zero-order valence-corrected chi connectivity index (χ0v) is 16.1. The van der Waals surface area contributed by atoms with Crippen molar-refractivity contribution in [3.63, 3.8) is 0 Å². The summed E-state index contributed by atoms with van der Waals surface area (Å²) in [6, 6.07) is 1.84. The molecular formula is C7H6N6ORa. The third-order valence-electron chi connectivity index (χ3n) is 1.70. The van der Waals surface area contributed by atoms with Crippen LogP contribution < -0.4 is 0.735 Å². The van der Waals surface area contributed by atoms with Gasteiger partial charge in [0, 0.05) is 0 Å². The Bertz CT molecular complexity index is 482. The molecule has 0 saturated heterocycles. The van der Waals surface area contributed by atoms with E-state index in [0.29, 0.717) is 5.69 Å². The predicted octanol–water partition coefficient (Wildman–Crippen LogP) is -1.05. The molecule has 0 radical (unpaired) electrons. The van der Waals surface area contributed by atoms with Crippen LogP contribution in [-0.4, -0.2) is 35.7 Å². The molecule has 0 unspecified atom stereocenters. The second-order valence-corrected chi connectivity index (χ2v) is 7.07. The molecule has 0 saturated carbocycles. The molecule has 0 aliphatic heterocycles. The Balaban J connectivity index is 2.31. The van der Waals surface area contributed by atoms with Gasteiger partial charge in [-0.05, 0) is 0 Å². The van der Waals surface area contributed by atoms with E-state index in [1.165, 1.54) is 12.4 Å². The third kappa shape index (κ3) is 2.81. The van der Waals surface area contributed by atoms with Crippen molar-refractivity contribution >= 4 is 12.6 Å². The Hall–Kier alpha value is -0.842. The molecule has 2 rings (SSSR count). The quantitative estimate of drug-likeness (QED) is 0.607. The van der Waals surface area contributed by atoms with Gasteiger partial charge in [-0.2, -0.15) is 0 Å². The van der Waals surface area contributed by atoms with Gasteiger partial charge in [-0.3, -0.25) is 0 Å². The van der Waals surface area contributed by atoms with Crippen LogP contribution in [0.2, 0.25) is 0 Å². The number of rotatable bonds is 2. The first kappa shape index (κ1) is 10.7. The number of nitrogens with zero attached hydrogens (tertiary/aromatic N) is 5. The van der Waals surface area contributed by atoms with Crippen LogP contribution in [0.1, 0.15) is 11.5 Å². The Labute approximate surface area is 114 Å². The van der Waals surface area contributed by atoms with Crippen molar-refractivity contribution in [2.24, 2.45) is 0 Å². The number of tetrazole rings is 1. The standard InChI is InChI=1S/C7H5N6O.Ra.H/c14-6(7-10-12-13-11-7)3-5-1-2-8-4-9-5;;/h1,3-4,14H,(H,10,11,12,13);;/b6-3-;;. The minimum atomic E-state index is -0.0457. The van der Waals surface area contributed by atoms with Crippen LogP contribution in [0.4, 0.5) is 0 Å². The summed E-state index contributed by atoms with van der Waals surface area (Å²) in [7, 11) is 0. The Morgan fingerprint density at radius 2 is 2.33 bits per heavy atom. The molecule has 7 nitrogen and oxygen atoms in total. The molecule has 72 valence electrons. The second kappa shape index (κ2) is 4.79. The van der Waals surface area contributed by atoms with Crippen molar-refractivity contribution < 1.29 is 47.9 Å². The van der Waals surface area contributed by atoms with Crippen molar-refractivity contribution in [3.8, 4) is 0 Å². The van der Waals surface area contributed by atoms with Gasteiger partial charge in [0.1, 0.15) is 0 Å². The van der Waals surface area contributed by atoms with Gasteiger partial charge in [0.15, 0.2) is 0 Å². The first-order valence-electron chi connectivity index (χ1n) is 4.19. The number of aromatic amines is 1. The summed E-state index contributed by atoms with van der Waals surface area (Å²) in [6.07, 6.45) is 2.97. The summed E-state index contributed by atoms with van der Waals surface area (Å²) in [5.74, 6) is 0.173. The van der Waals surface area contributed by atoms with Crippen molar-refractivity contribution in [2.75, 3.05) is 0 Å². The Kier molecular flexibility index (Phi) is 3.40. The monoisotopic (exact) mass is 416 g/mol. The third-order valence-corrected chi connectivity index (χ3v) is 3.95. The number of hydrogen-bond donors (Lipinski definition) is 2. The second-order valence-electron chi connectivity index (χ2n) is 2.86. The molecule has 15 heavy (non-hydrogen) atoms. The minimum absolute atomic E-state index is 0.0457. The van der Waals surface area contributed by atoms with E-state index in [1.807, 2.05) is 6.07 Å². The van der Waals surface area contributed by atoms with E-state index < -0.39 is 0 Å². The molecular weight excluding hydrogens is 410 g/mol. The Morgan fingerprint density at radius 1 is 1.47 bits per heavy atom. The molecule has 0 atom stereocenters. The summed E-state index contributed by atoms with van der Waals surface area (Å²) in [4.78, 5) is 8.04. The first-order valence-corrected chi connectivity index (χ1v) is 8.30. The van der Waals surface area contributed by atoms with Crippen LogP contribution in [0.15, 0.2) is 12.4 Å². The molecule has 0 aliphatic carbocycles. The van der Waals surface area contributed by atoms with Crippen molar-refractivity contribution in [3.05, 3.63) is 23.9 Å². The fourth-order valence-corrected chi connectivity index (χ4v) is 2.72. The van der Waals surface area contributed by atoms with E-state index in [0.717, 1.165) is 0.735 Å². The number of nitrogens with one attached hydrogen (secondary N) is 1. The van der Waals surface area contributed by atoms with Crippen molar-refractivity contribution in [2.45, 2.75) is 0 Å². The van der Waals surface area contributed by atoms with E-state index in [-0.39, 0.29) is 54.4 Å². The van der Waals surface area contributed by atoms with Crippen LogP contribution >= 0.6 is 0 Å². The van der Waals surface area contributed by atoms with Crippen LogP contribution in [0.3, 0.4) is 0 Å². The number of aromatic nitrogens is 6. The average Bonchev–Trinajstić information content (AvgIpc) is 2.70. The molecule has 0 amide bonds. The average molecular weight is 416 g/mol. The van der Waals surface area contributed by atoms with E-state index in [4.69, 9.17) is 0 Å². The van der Waals surface area contributed by atoms with E-state index >= 15 is 0 Å². The molecule has 8 heteroatoms. The molecule has 2 aromatic rings. The summed E-state index contributed by atoms with van der Waals surface area (Å²) in [5, 5.41) is 22.3. The molecule has 2 aromatic heterocycles. The zero-order chi connectivity index (χ0) is 10.7.